The van der Waals surface area contributed by atoms with E-state index in [1.54, 1.807) is 0 Å². The van der Waals surface area contributed by atoms with Gasteiger partial charge in [0.25, 0.3) is 0 Å². The highest BCUT2D eigenvalue weighted by molar-refractivity contribution is 5.43. The van der Waals surface area contributed by atoms with Crippen molar-refractivity contribution in [2.45, 2.75) is 19.8 Å². The fourth-order valence-electron chi connectivity index (χ4n) is 3.16. The molecule has 31 heavy (non-hydrogen) atoms. The molecule has 156 valence electrons. The smallest absolute Gasteiger partial charge is 0.124 e. The van der Waals surface area contributed by atoms with Crippen molar-refractivity contribution in [1.82, 2.24) is 5.43 Å². The van der Waals surface area contributed by atoms with E-state index < -0.39 is 0 Å². The molecule has 4 rings (SSSR count). The summed E-state index contributed by atoms with van der Waals surface area (Å²) in [5, 5.41) is 0. The highest BCUT2D eigenvalue weighted by Crippen LogP contribution is 2.26. The van der Waals surface area contributed by atoms with Crippen LogP contribution in [-0.4, -0.2) is 0 Å². The predicted molar refractivity (Wildman–Crippen MR) is 125 cm³/mol. The summed E-state index contributed by atoms with van der Waals surface area (Å²) in [7, 11) is 0. The van der Waals surface area contributed by atoms with Gasteiger partial charge in [0.05, 0.1) is 0 Å². The van der Waals surface area contributed by atoms with Crippen LogP contribution < -0.4 is 20.3 Å². The first-order chi connectivity index (χ1) is 15.4. The topological polar surface area (TPSA) is 42.5 Å². The predicted octanol–water partition coefficient (Wildman–Crippen LogP) is 5.96. The quantitative estimate of drug-likeness (QED) is 0.317. The molecule has 0 saturated carbocycles. The first kappa shape index (κ1) is 20.5. The van der Waals surface area contributed by atoms with E-state index in [0.717, 1.165) is 33.9 Å². The zero-order chi connectivity index (χ0) is 21.1. The normalized spacial score (nSPS) is 10.5. The van der Waals surface area contributed by atoms with Gasteiger partial charge in [-0.1, -0.05) is 78.9 Å². The van der Waals surface area contributed by atoms with Gasteiger partial charge in [0.2, 0.25) is 0 Å². The van der Waals surface area contributed by atoms with E-state index in [4.69, 9.17) is 9.47 Å². The summed E-state index contributed by atoms with van der Waals surface area (Å²) in [5.41, 5.74) is 10.8. The highest BCUT2D eigenvalue weighted by Gasteiger charge is 2.08. The van der Waals surface area contributed by atoms with Crippen LogP contribution in [0.3, 0.4) is 0 Å². The summed E-state index contributed by atoms with van der Waals surface area (Å²) in [6.07, 6.45) is 0. The van der Waals surface area contributed by atoms with Crippen LogP contribution in [0.2, 0.25) is 0 Å². The van der Waals surface area contributed by atoms with Gasteiger partial charge in [-0.2, -0.15) is 0 Å². The molecule has 0 heterocycles. The molecule has 0 spiro atoms. The molecule has 0 bridgehead atoms. The molecule has 4 heteroatoms. The lowest BCUT2D eigenvalue weighted by molar-refractivity contribution is 0.294. The molecule has 0 radical (unpaired) electrons. The molecule has 0 amide bonds. The van der Waals surface area contributed by atoms with Crippen LogP contribution in [-0.2, 0) is 19.8 Å². The summed E-state index contributed by atoms with van der Waals surface area (Å²) in [6.45, 7) is 1.63. The first-order valence-electron chi connectivity index (χ1n) is 10.4. The van der Waals surface area contributed by atoms with Gasteiger partial charge >= 0.3 is 0 Å². The largest absolute Gasteiger partial charge is 0.489 e. The Kier molecular flexibility index (Phi) is 7.18. The minimum Gasteiger partial charge on any atom is -0.489 e. The Labute approximate surface area is 183 Å². The number of hydrazine groups is 1. The fraction of sp³-hybridized carbons (Fsp3) is 0.111. The summed E-state index contributed by atoms with van der Waals surface area (Å²) >= 11 is 0. The van der Waals surface area contributed by atoms with E-state index in [-0.39, 0.29) is 0 Å². The van der Waals surface area contributed by atoms with Gasteiger partial charge in [-0.05, 0) is 41.5 Å². The average Bonchev–Trinajstić information content (AvgIpc) is 2.84. The van der Waals surface area contributed by atoms with Crippen molar-refractivity contribution in [3.05, 3.63) is 126 Å². The molecule has 0 aromatic heterocycles. The van der Waals surface area contributed by atoms with Crippen molar-refractivity contribution in [3.63, 3.8) is 0 Å². The van der Waals surface area contributed by atoms with Crippen LogP contribution in [0.25, 0.3) is 0 Å². The van der Waals surface area contributed by atoms with Gasteiger partial charge < -0.3 is 14.9 Å². The molecule has 0 unspecified atom stereocenters. The molecule has 2 N–H and O–H groups in total. The Hall–Kier alpha value is -3.76. The lowest BCUT2D eigenvalue weighted by atomic mass is 10.2. The Morgan fingerprint density at radius 3 is 1.81 bits per heavy atom. The summed E-state index contributed by atoms with van der Waals surface area (Å²) in [5.74, 6) is 1.64. The zero-order valence-corrected chi connectivity index (χ0v) is 17.3. The van der Waals surface area contributed by atoms with Crippen molar-refractivity contribution < 1.29 is 9.47 Å². The maximum Gasteiger partial charge on any atom is 0.124 e. The number of anilines is 1. The standard InChI is InChI=1S/C27H26N2O2/c1-4-10-22(11-5-1)20-30-26-16-17-27(31-21-23-12-6-2-7-13-23)24(18-26)19-28-29-25-14-8-3-9-15-25/h1-18,28-29H,19-21H2. The lowest BCUT2D eigenvalue weighted by Crippen LogP contribution is -2.21. The second-order valence-corrected chi connectivity index (χ2v) is 7.16. The lowest BCUT2D eigenvalue weighted by Gasteiger charge is -2.15. The number of ether oxygens (including phenoxy) is 2. The van der Waals surface area contributed by atoms with E-state index >= 15 is 0 Å². The van der Waals surface area contributed by atoms with Gasteiger partial charge in [-0.3, -0.25) is 0 Å². The Balaban J connectivity index is 1.44. The number of hydrogen-bond donors (Lipinski definition) is 2. The Morgan fingerprint density at radius 1 is 0.581 bits per heavy atom. The molecule has 4 aromatic carbocycles. The van der Waals surface area contributed by atoms with E-state index in [1.807, 2.05) is 84.9 Å². The fourth-order valence-corrected chi connectivity index (χ4v) is 3.16. The first-order valence-corrected chi connectivity index (χ1v) is 10.4. The highest BCUT2D eigenvalue weighted by atomic mass is 16.5. The van der Waals surface area contributed by atoms with Gasteiger partial charge in [-0.15, -0.1) is 0 Å². The van der Waals surface area contributed by atoms with Crippen molar-refractivity contribution >= 4 is 5.69 Å². The second kappa shape index (κ2) is 10.9. The molecular formula is C27H26N2O2. The number of benzene rings is 4. The van der Waals surface area contributed by atoms with Crippen molar-refractivity contribution in [1.29, 1.82) is 0 Å². The van der Waals surface area contributed by atoms with Gasteiger partial charge in [0, 0.05) is 17.8 Å². The third-order valence-electron chi connectivity index (χ3n) is 4.80. The number of rotatable bonds is 10. The van der Waals surface area contributed by atoms with Crippen LogP contribution in [0, 0.1) is 0 Å². The maximum atomic E-state index is 6.12. The van der Waals surface area contributed by atoms with Crippen LogP contribution in [0.1, 0.15) is 16.7 Å². The van der Waals surface area contributed by atoms with Gasteiger partial charge in [0.15, 0.2) is 0 Å². The molecule has 0 aliphatic carbocycles. The average molecular weight is 411 g/mol. The monoisotopic (exact) mass is 410 g/mol. The minimum absolute atomic E-state index is 0.518. The van der Waals surface area contributed by atoms with E-state index in [1.165, 1.54) is 0 Å². The summed E-state index contributed by atoms with van der Waals surface area (Å²) < 4.78 is 12.1. The second-order valence-electron chi connectivity index (χ2n) is 7.16. The van der Waals surface area contributed by atoms with E-state index in [0.29, 0.717) is 19.8 Å². The minimum atomic E-state index is 0.518. The molecule has 4 aromatic rings. The number of nitrogens with one attached hydrogen (secondary N) is 2. The Morgan fingerprint density at radius 2 is 1.16 bits per heavy atom. The third-order valence-corrected chi connectivity index (χ3v) is 4.80. The number of hydrogen-bond acceptors (Lipinski definition) is 4. The molecule has 0 saturated heterocycles. The third kappa shape index (κ3) is 6.36. The van der Waals surface area contributed by atoms with E-state index in [9.17, 15) is 0 Å². The molecule has 0 aliphatic heterocycles. The van der Waals surface area contributed by atoms with Crippen molar-refractivity contribution in [2.75, 3.05) is 5.43 Å². The van der Waals surface area contributed by atoms with Gasteiger partial charge in [0.1, 0.15) is 24.7 Å². The molecule has 0 atom stereocenters. The van der Waals surface area contributed by atoms with Crippen molar-refractivity contribution in [3.8, 4) is 11.5 Å². The zero-order valence-electron chi connectivity index (χ0n) is 17.3. The van der Waals surface area contributed by atoms with Crippen LogP contribution in [0.15, 0.2) is 109 Å². The van der Waals surface area contributed by atoms with Crippen LogP contribution in [0.4, 0.5) is 5.69 Å². The molecule has 0 fully saturated rings. The summed E-state index contributed by atoms with van der Waals surface area (Å²) in [6, 6.07) is 36.3. The van der Waals surface area contributed by atoms with Crippen molar-refractivity contribution in [2.24, 2.45) is 0 Å². The van der Waals surface area contributed by atoms with Gasteiger partial charge in [-0.25, -0.2) is 5.43 Å². The molecule has 0 aliphatic rings. The molecular weight excluding hydrogens is 384 g/mol. The summed E-state index contributed by atoms with van der Waals surface area (Å²) in [4.78, 5) is 0. The SMILES string of the molecule is c1ccc(COc2ccc(OCc3ccccc3)c(CNNc3ccccc3)c2)cc1. The van der Waals surface area contributed by atoms with Crippen LogP contribution >= 0.6 is 0 Å². The van der Waals surface area contributed by atoms with Crippen LogP contribution in [0.5, 0.6) is 11.5 Å². The molecule has 4 nitrogen and oxygen atoms in total. The number of para-hydroxylation sites is 1. The van der Waals surface area contributed by atoms with E-state index in [2.05, 4.69) is 35.1 Å². The maximum absolute atomic E-state index is 6.12. The Bertz CT molecular complexity index is 1050.